The zero-order valence-corrected chi connectivity index (χ0v) is 17.1. The molecule has 1 aromatic rings. The van der Waals surface area contributed by atoms with Gasteiger partial charge in [0.2, 0.25) is 5.91 Å². The molecule has 0 unspecified atom stereocenters. The Labute approximate surface area is 165 Å². The number of sulfone groups is 1. The highest BCUT2D eigenvalue weighted by Gasteiger charge is 2.36. The van der Waals surface area contributed by atoms with Crippen molar-refractivity contribution in [3.63, 3.8) is 0 Å². The molecule has 1 N–H and O–H groups in total. The molecular formula is C19H26N2O6S. The summed E-state index contributed by atoms with van der Waals surface area (Å²) in [4.78, 5) is 37.6. The third-order valence-electron chi connectivity index (χ3n) is 4.70. The molecule has 2 atom stereocenters. The van der Waals surface area contributed by atoms with Crippen LogP contribution in [-0.4, -0.2) is 61.3 Å². The van der Waals surface area contributed by atoms with Crippen LogP contribution in [0.2, 0.25) is 0 Å². The van der Waals surface area contributed by atoms with E-state index in [1.165, 1.54) is 24.0 Å². The fourth-order valence-electron chi connectivity index (χ4n) is 3.21. The number of carbonyl (C=O) groups excluding carboxylic acids is 3. The molecule has 1 heterocycles. The van der Waals surface area contributed by atoms with Crippen LogP contribution >= 0.6 is 0 Å². The molecule has 1 saturated heterocycles. The summed E-state index contributed by atoms with van der Waals surface area (Å²) < 4.78 is 28.7. The second-order valence-corrected chi connectivity index (χ2v) is 9.18. The SMILES string of the molecule is CC[C@H](C)N(C(=O)COC(=O)c1cccc(NC(C)=O)c1)[C@@H]1CCS(=O)(=O)C1. The lowest BCUT2D eigenvalue weighted by atomic mass is 10.1. The van der Waals surface area contributed by atoms with Crippen LogP contribution in [0.4, 0.5) is 5.69 Å². The van der Waals surface area contributed by atoms with Crippen LogP contribution in [0.1, 0.15) is 44.0 Å². The Morgan fingerprint density at radius 3 is 2.61 bits per heavy atom. The second-order valence-electron chi connectivity index (χ2n) is 6.95. The summed E-state index contributed by atoms with van der Waals surface area (Å²) in [6.07, 6.45) is 1.06. The van der Waals surface area contributed by atoms with Crippen LogP contribution in [0.15, 0.2) is 24.3 Å². The maximum absolute atomic E-state index is 12.7. The minimum absolute atomic E-state index is 0.0597. The molecule has 1 aromatic carbocycles. The van der Waals surface area contributed by atoms with Gasteiger partial charge in [-0.05, 0) is 38.0 Å². The van der Waals surface area contributed by atoms with E-state index in [0.717, 1.165) is 0 Å². The number of carbonyl (C=O) groups is 3. The van der Waals surface area contributed by atoms with E-state index >= 15 is 0 Å². The van der Waals surface area contributed by atoms with Crippen molar-refractivity contribution >= 4 is 33.3 Å². The summed E-state index contributed by atoms with van der Waals surface area (Å²) in [5.74, 6) is -1.37. The van der Waals surface area contributed by atoms with Gasteiger partial charge in [-0.3, -0.25) is 9.59 Å². The van der Waals surface area contributed by atoms with Crippen molar-refractivity contribution in [1.29, 1.82) is 0 Å². The van der Waals surface area contributed by atoms with Crippen LogP contribution in [0, 0.1) is 0 Å². The fourth-order valence-corrected chi connectivity index (χ4v) is 4.92. The molecule has 1 aliphatic heterocycles. The Hall–Kier alpha value is -2.42. The van der Waals surface area contributed by atoms with Gasteiger partial charge in [-0.15, -0.1) is 0 Å². The van der Waals surface area contributed by atoms with Crippen molar-refractivity contribution in [3.8, 4) is 0 Å². The first-order valence-corrected chi connectivity index (χ1v) is 11.0. The summed E-state index contributed by atoms with van der Waals surface area (Å²) in [7, 11) is -3.14. The molecule has 1 aliphatic rings. The van der Waals surface area contributed by atoms with Gasteiger partial charge in [-0.1, -0.05) is 13.0 Å². The number of rotatable bonds is 7. The zero-order valence-electron chi connectivity index (χ0n) is 16.3. The summed E-state index contributed by atoms with van der Waals surface area (Å²) in [6, 6.07) is 5.66. The molecule has 0 aliphatic carbocycles. The maximum Gasteiger partial charge on any atom is 0.338 e. The van der Waals surface area contributed by atoms with E-state index in [1.54, 1.807) is 12.1 Å². The molecule has 8 nitrogen and oxygen atoms in total. The average Bonchev–Trinajstić information content (AvgIpc) is 2.98. The second kappa shape index (κ2) is 9.18. The predicted octanol–water partition coefficient (Wildman–Crippen LogP) is 1.62. The topological polar surface area (TPSA) is 110 Å². The van der Waals surface area contributed by atoms with E-state index in [9.17, 15) is 22.8 Å². The van der Waals surface area contributed by atoms with Crippen LogP contribution in [0.3, 0.4) is 0 Å². The fraction of sp³-hybridized carbons (Fsp3) is 0.526. The number of nitrogens with one attached hydrogen (secondary N) is 1. The lowest BCUT2D eigenvalue weighted by Crippen LogP contribution is -2.48. The van der Waals surface area contributed by atoms with E-state index < -0.39 is 34.4 Å². The van der Waals surface area contributed by atoms with Gasteiger partial charge in [0.05, 0.1) is 17.1 Å². The number of benzene rings is 1. The number of hydrogen-bond donors (Lipinski definition) is 1. The highest BCUT2D eigenvalue weighted by molar-refractivity contribution is 7.91. The molecule has 154 valence electrons. The molecule has 0 saturated carbocycles. The third-order valence-corrected chi connectivity index (χ3v) is 6.45. The lowest BCUT2D eigenvalue weighted by molar-refractivity contribution is -0.138. The van der Waals surface area contributed by atoms with E-state index in [4.69, 9.17) is 4.74 Å². The molecule has 1 fully saturated rings. The normalized spacial score (nSPS) is 18.9. The molecule has 2 rings (SSSR count). The Morgan fingerprint density at radius 1 is 1.32 bits per heavy atom. The van der Waals surface area contributed by atoms with Crippen molar-refractivity contribution in [2.75, 3.05) is 23.4 Å². The highest BCUT2D eigenvalue weighted by Crippen LogP contribution is 2.21. The van der Waals surface area contributed by atoms with Gasteiger partial charge in [0.15, 0.2) is 16.4 Å². The minimum Gasteiger partial charge on any atom is -0.452 e. The average molecular weight is 410 g/mol. The zero-order chi connectivity index (χ0) is 20.9. The first kappa shape index (κ1) is 21.9. The standard InChI is InChI=1S/C19H26N2O6S/c1-4-13(2)21(17-8-9-28(25,26)12-17)18(23)11-27-19(24)15-6-5-7-16(10-15)20-14(3)22/h5-7,10,13,17H,4,8-9,11-12H2,1-3H3,(H,20,22)/t13-,17+/m0/s1. The lowest BCUT2D eigenvalue weighted by Gasteiger charge is -2.33. The largest absolute Gasteiger partial charge is 0.452 e. The van der Waals surface area contributed by atoms with Gasteiger partial charge in [0.1, 0.15) is 0 Å². The van der Waals surface area contributed by atoms with Gasteiger partial charge in [0.25, 0.3) is 5.91 Å². The monoisotopic (exact) mass is 410 g/mol. The number of hydrogen-bond acceptors (Lipinski definition) is 6. The third kappa shape index (κ3) is 5.79. The van der Waals surface area contributed by atoms with E-state index in [0.29, 0.717) is 18.5 Å². The van der Waals surface area contributed by atoms with Gasteiger partial charge < -0.3 is 15.0 Å². The van der Waals surface area contributed by atoms with Crippen LogP contribution < -0.4 is 5.32 Å². The molecule has 0 bridgehead atoms. The van der Waals surface area contributed by atoms with E-state index in [-0.39, 0.29) is 29.0 Å². The van der Waals surface area contributed by atoms with Gasteiger partial charge in [-0.25, -0.2) is 13.2 Å². The Bertz CT molecular complexity index is 852. The van der Waals surface area contributed by atoms with Gasteiger partial charge in [-0.2, -0.15) is 0 Å². The molecule has 9 heteroatoms. The number of nitrogens with zero attached hydrogens (tertiary/aromatic N) is 1. The van der Waals surface area contributed by atoms with Gasteiger partial charge >= 0.3 is 5.97 Å². The summed E-state index contributed by atoms with van der Waals surface area (Å²) >= 11 is 0. The van der Waals surface area contributed by atoms with Crippen molar-refractivity contribution in [3.05, 3.63) is 29.8 Å². The Morgan fingerprint density at radius 2 is 2.04 bits per heavy atom. The Kier molecular flexibility index (Phi) is 7.17. The molecule has 0 aromatic heterocycles. The van der Waals surface area contributed by atoms with Crippen molar-refractivity contribution < 1.29 is 27.5 Å². The molecule has 0 radical (unpaired) electrons. The number of amides is 2. The maximum atomic E-state index is 12.7. The first-order chi connectivity index (χ1) is 13.1. The summed E-state index contributed by atoms with van der Waals surface area (Å²) in [5.41, 5.74) is 0.656. The van der Waals surface area contributed by atoms with Crippen LogP contribution in [-0.2, 0) is 24.2 Å². The molecular weight excluding hydrogens is 384 g/mol. The summed E-state index contributed by atoms with van der Waals surface area (Å²) in [6.45, 7) is 4.65. The van der Waals surface area contributed by atoms with E-state index in [2.05, 4.69) is 5.32 Å². The van der Waals surface area contributed by atoms with Crippen LogP contribution in [0.25, 0.3) is 0 Å². The summed E-state index contributed by atoms with van der Waals surface area (Å²) in [5, 5.41) is 2.57. The van der Waals surface area contributed by atoms with Crippen molar-refractivity contribution in [2.24, 2.45) is 0 Å². The predicted molar refractivity (Wildman–Crippen MR) is 105 cm³/mol. The van der Waals surface area contributed by atoms with Crippen molar-refractivity contribution in [1.82, 2.24) is 4.90 Å². The molecule has 2 amide bonds. The van der Waals surface area contributed by atoms with Gasteiger partial charge in [0, 0.05) is 24.7 Å². The first-order valence-electron chi connectivity index (χ1n) is 9.19. The number of ether oxygens (including phenoxy) is 1. The number of anilines is 1. The molecule has 28 heavy (non-hydrogen) atoms. The van der Waals surface area contributed by atoms with Crippen LogP contribution in [0.5, 0.6) is 0 Å². The number of esters is 1. The smallest absolute Gasteiger partial charge is 0.338 e. The Balaban J connectivity index is 2.04. The van der Waals surface area contributed by atoms with Crippen molar-refractivity contribution in [2.45, 2.75) is 45.7 Å². The quantitative estimate of drug-likeness (QED) is 0.684. The minimum atomic E-state index is -3.14. The van der Waals surface area contributed by atoms with E-state index in [1.807, 2.05) is 13.8 Å². The highest BCUT2D eigenvalue weighted by atomic mass is 32.2. The molecule has 0 spiro atoms.